The van der Waals surface area contributed by atoms with E-state index in [1.54, 1.807) is 12.1 Å². The predicted octanol–water partition coefficient (Wildman–Crippen LogP) is 2.92. The molecule has 2 unspecified atom stereocenters. The van der Waals surface area contributed by atoms with Crippen LogP contribution in [0.4, 0.5) is 0 Å². The summed E-state index contributed by atoms with van der Waals surface area (Å²) in [7, 11) is 0. The second-order valence-electron chi connectivity index (χ2n) is 4.81. The fourth-order valence-corrected chi connectivity index (χ4v) is 2.73. The van der Waals surface area contributed by atoms with Crippen molar-refractivity contribution >= 4 is 33.4 Å². The van der Waals surface area contributed by atoms with Gasteiger partial charge in [-0.1, -0.05) is 11.6 Å². The number of nitrogens with zero attached hydrogens (tertiary/aromatic N) is 1. The van der Waals surface area contributed by atoms with Crippen molar-refractivity contribution in [3.05, 3.63) is 33.3 Å². The molecule has 3 nitrogen and oxygen atoms in total. The Hall–Kier alpha value is -0.580. The zero-order valence-corrected chi connectivity index (χ0v) is 12.8. The molecular weight excluding hydrogens is 316 g/mol. The van der Waals surface area contributed by atoms with Gasteiger partial charge in [-0.15, -0.1) is 0 Å². The summed E-state index contributed by atoms with van der Waals surface area (Å²) in [6, 6.07) is 5.97. The Labute approximate surface area is 121 Å². The van der Waals surface area contributed by atoms with Crippen LogP contribution in [0, 0.1) is 0 Å². The number of nitrogens with one attached hydrogen (secondary N) is 1. The average Bonchev–Trinajstić information content (AvgIpc) is 2.30. The summed E-state index contributed by atoms with van der Waals surface area (Å²) in [6.45, 7) is 5.64. The van der Waals surface area contributed by atoms with Crippen molar-refractivity contribution in [2.75, 3.05) is 13.1 Å². The summed E-state index contributed by atoms with van der Waals surface area (Å²) in [4.78, 5) is 14.3. The van der Waals surface area contributed by atoms with Crippen molar-refractivity contribution in [3.8, 4) is 0 Å². The molecule has 1 aromatic carbocycles. The number of amides is 1. The van der Waals surface area contributed by atoms with E-state index in [1.807, 2.05) is 11.0 Å². The van der Waals surface area contributed by atoms with Gasteiger partial charge in [-0.25, -0.2) is 0 Å². The molecule has 1 saturated heterocycles. The lowest BCUT2D eigenvalue weighted by Gasteiger charge is -2.36. The highest BCUT2D eigenvalue weighted by Crippen LogP contribution is 2.24. The quantitative estimate of drug-likeness (QED) is 0.858. The molecule has 1 aliphatic rings. The van der Waals surface area contributed by atoms with E-state index in [0.717, 1.165) is 17.6 Å². The molecule has 0 aliphatic carbocycles. The Morgan fingerprint density at radius 3 is 2.56 bits per heavy atom. The molecule has 5 heteroatoms. The van der Waals surface area contributed by atoms with Crippen LogP contribution in [-0.4, -0.2) is 36.0 Å². The number of piperazine rings is 1. The Bertz CT molecular complexity index is 456. The lowest BCUT2D eigenvalue weighted by molar-refractivity contribution is 0.0674. The highest BCUT2D eigenvalue weighted by molar-refractivity contribution is 9.10. The maximum atomic E-state index is 12.4. The number of rotatable bonds is 1. The molecule has 1 N–H and O–H groups in total. The minimum Gasteiger partial charge on any atom is -0.336 e. The van der Waals surface area contributed by atoms with Gasteiger partial charge in [0.05, 0.1) is 5.02 Å². The van der Waals surface area contributed by atoms with Gasteiger partial charge in [-0.2, -0.15) is 0 Å². The van der Waals surface area contributed by atoms with Gasteiger partial charge in [-0.3, -0.25) is 4.79 Å². The van der Waals surface area contributed by atoms with Crippen molar-refractivity contribution < 1.29 is 4.79 Å². The van der Waals surface area contributed by atoms with Gasteiger partial charge in [-0.05, 0) is 48.0 Å². The van der Waals surface area contributed by atoms with Crippen molar-refractivity contribution in [3.63, 3.8) is 0 Å². The largest absolute Gasteiger partial charge is 0.336 e. The second kappa shape index (κ2) is 5.59. The molecule has 1 fully saturated rings. The SMILES string of the molecule is CC1CN(C(=O)c2ccc(Br)c(Cl)c2)CC(C)N1. The molecule has 2 rings (SSSR count). The summed E-state index contributed by atoms with van der Waals surface area (Å²) in [6.07, 6.45) is 0. The van der Waals surface area contributed by atoms with Crippen LogP contribution in [0.2, 0.25) is 5.02 Å². The highest BCUT2D eigenvalue weighted by Gasteiger charge is 2.25. The zero-order valence-electron chi connectivity index (χ0n) is 10.4. The topological polar surface area (TPSA) is 32.3 Å². The smallest absolute Gasteiger partial charge is 0.254 e. The van der Waals surface area contributed by atoms with E-state index in [0.29, 0.717) is 22.7 Å². The van der Waals surface area contributed by atoms with E-state index in [1.165, 1.54) is 0 Å². The van der Waals surface area contributed by atoms with Gasteiger partial charge in [0.25, 0.3) is 5.91 Å². The van der Waals surface area contributed by atoms with Gasteiger partial charge in [0.2, 0.25) is 0 Å². The van der Waals surface area contributed by atoms with Gasteiger partial charge < -0.3 is 10.2 Å². The van der Waals surface area contributed by atoms with Crippen molar-refractivity contribution in [2.24, 2.45) is 0 Å². The number of hydrogen-bond acceptors (Lipinski definition) is 2. The van der Waals surface area contributed by atoms with E-state index >= 15 is 0 Å². The zero-order chi connectivity index (χ0) is 13.3. The lowest BCUT2D eigenvalue weighted by Crippen LogP contribution is -2.55. The minimum atomic E-state index is 0.0459. The minimum absolute atomic E-state index is 0.0459. The van der Waals surface area contributed by atoms with E-state index in [9.17, 15) is 4.79 Å². The molecular formula is C13H16BrClN2O. The normalized spacial score (nSPS) is 24.1. The number of carbonyl (C=O) groups excluding carboxylic acids is 1. The second-order valence-corrected chi connectivity index (χ2v) is 6.07. The first-order chi connectivity index (χ1) is 8.47. The van der Waals surface area contributed by atoms with E-state index < -0.39 is 0 Å². The molecule has 2 atom stereocenters. The molecule has 0 radical (unpaired) electrons. The Morgan fingerprint density at radius 1 is 1.39 bits per heavy atom. The van der Waals surface area contributed by atoms with Crippen LogP contribution in [0.3, 0.4) is 0 Å². The number of hydrogen-bond donors (Lipinski definition) is 1. The van der Waals surface area contributed by atoms with Gasteiger partial charge >= 0.3 is 0 Å². The number of benzene rings is 1. The van der Waals surface area contributed by atoms with Crippen molar-refractivity contribution in [2.45, 2.75) is 25.9 Å². The monoisotopic (exact) mass is 330 g/mol. The molecule has 1 amide bonds. The molecule has 0 bridgehead atoms. The van der Waals surface area contributed by atoms with Crippen LogP contribution in [-0.2, 0) is 0 Å². The maximum absolute atomic E-state index is 12.4. The first-order valence-corrected chi connectivity index (χ1v) is 7.15. The van der Waals surface area contributed by atoms with E-state index in [-0.39, 0.29) is 5.91 Å². The highest BCUT2D eigenvalue weighted by atomic mass is 79.9. The summed E-state index contributed by atoms with van der Waals surface area (Å²) in [5.41, 5.74) is 0.643. The summed E-state index contributed by atoms with van der Waals surface area (Å²) >= 11 is 9.35. The maximum Gasteiger partial charge on any atom is 0.254 e. The van der Waals surface area contributed by atoms with Crippen LogP contribution >= 0.6 is 27.5 Å². The van der Waals surface area contributed by atoms with Gasteiger partial charge in [0, 0.05) is 35.2 Å². The number of halogens is 2. The third-order valence-corrected chi connectivity index (χ3v) is 4.24. The van der Waals surface area contributed by atoms with E-state index in [4.69, 9.17) is 11.6 Å². The van der Waals surface area contributed by atoms with E-state index in [2.05, 4.69) is 35.1 Å². The van der Waals surface area contributed by atoms with Crippen LogP contribution < -0.4 is 5.32 Å². The molecule has 1 aliphatic heterocycles. The van der Waals surface area contributed by atoms with Crippen LogP contribution in [0.25, 0.3) is 0 Å². The van der Waals surface area contributed by atoms with Crippen LogP contribution in [0.15, 0.2) is 22.7 Å². The average molecular weight is 332 g/mol. The molecule has 1 aromatic rings. The molecule has 98 valence electrons. The van der Waals surface area contributed by atoms with Gasteiger partial charge in [0.15, 0.2) is 0 Å². The van der Waals surface area contributed by atoms with Crippen LogP contribution in [0.1, 0.15) is 24.2 Å². The third kappa shape index (κ3) is 3.05. The molecule has 1 heterocycles. The Kier molecular flexibility index (Phi) is 4.30. The van der Waals surface area contributed by atoms with Crippen molar-refractivity contribution in [1.29, 1.82) is 0 Å². The molecule has 0 spiro atoms. The fraction of sp³-hybridized carbons (Fsp3) is 0.462. The fourth-order valence-electron chi connectivity index (χ4n) is 2.30. The first-order valence-electron chi connectivity index (χ1n) is 5.97. The van der Waals surface area contributed by atoms with Crippen molar-refractivity contribution in [1.82, 2.24) is 10.2 Å². The summed E-state index contributed by atoms with van der Waals surface area (Å²) < 4.78 is 0.808. The Balaban J connectivity index is 2.17. The molecule has 0 aromatic heterocycles. The number of carbonyl (C=O) groups is 1. The first kappa shape index (κ1) is 13.8. The lowest BCUT2D eigenvalue weighted by atomic mass is 10.1. The third-order valence-electron chi connectivity index (χ3n) is 3.01. The van der Waals surface area contributed by atoms with Crippen LogP contribution in [0.5, 0.6) is 0 Å². The Morgan fingerprint density at radius 2 is 2.00 bits per heavy atom. The van der Waals surface area contributed by atoms with Gasteiger partial charge in [0.1, 0.15) is 0 Å². The molecule has 0 saturated carbocycles. The predicted molar refractivity (Wildman–Crippen MR) is 77.1 cm³/mol. The summed E-state index contributed by atoms with van der Waals surface area (Å²) in [5.74, 6) is 0.0459. The standard InChI is InChI=1S/C13H16BrClN2O/c1-8-6-17(7-9(2)16-8)13(18)10-3-4-11(14)12(15)5-10/h3-5,8-9,16H,6-7H2,1-2H3. The summed E-state index contributed by atoms with van der Waals surface area (Å²) in [5, 5.41) is 3.98. The molecule has 18 heavy (non-hydrogen) atoms.